The SMILES string of the molecule is O=C(NCC(c1ccco1)N1CCCCC1)c1ccccc1F. The Bertz CT molecular complexity index is 636. The van der Waals surface area contributed by atoms with Crippen LogP contribution in [0.2, 0.25) is 0 Å². The summed E-state index contributed by atoms with van der Waals surface area (Å²) in [6.45, 7) is 2.38. The number of carbonyl (C=O) groups is 1. The lowest BCUT2D eigenvalue weighted by atomic mass is 10.1. The van der Waals surface area contributed by atoms with Crippen LogP contribution in [0.1, 0.15) is 41.4 Å². The van der Waals surface area contributed by atoms with Crippen LogP contribution in [0, 0.1) is 5.82 Å². The van der Waals surface area contributed by atoms with Crippen molar-refractivity contribution in [2.75, 3.05) is 19.6 Å². The van der Waals surface area contributed by atoms with Crippen LogP contribution in [0.4, 0.5) is 4.39 Å². The number of furan rings is 1. The number of likely N-dealkylation sites (tertiary alicyclic amines) is 1. The zero-order chi connectivity index (χ0) is 16.1. The third-order valence-corrected chi connectivity index (χ3v) is 4.28. The highest BCUT2D eigenvalue weighted by Crippen LogP contribution is 2.24. The maximum Gasteiger partial charge on any atom is 0.254 e. The molecular formula is C18H21FN2O2. The average Bonchev–Trinajstić information content (AvgIpc) is 3.10. The number of rotatable bonds is 5. The number of piperidine rings is 1. The molecule has 1 fully saturated rings. The van der Waals surface area contributed by atoms with Gasteiger partial charge in [0.25, 0.3) is 5.91 Å². The van der Waals surface area contributed by atoms with Gasteiger partial charge in [-0.1, -0.05) is 18.6 Å². The van der Waals surface area contributed by atoms with Gasteiger partial charge in [-0.05, 0) is 50.2 Å². The summed E-state index contributed by atoms with van der Waals surface area (Å²) >= 11 is 0. The summed E-state index contributed by atoms with van der Waals surface area (Å²) in [5.41, 5.74) is 0.0735. The fraction of sp³-hybridized carbons (Fsp3) is 0.389. The lowest BCUT2D eigenvalue weighted by Crippen LogP contribution is -2.40. The van der Waals surface area contributed by atoms with Gasteiger partial charge in [0.15, 0.2) is 0 Å². The molecule has 1 aliphatic rings. The number of amides is 1. The van der Waals surface area contributed by atoms with Crippen molar-refractivity contribution in [2.24, 2.45) is 0 Å². The third-order valence-electron chi connectivity index (χ3n) is 4.28. The van der Waals surface area contributed by atoms with Crippen molar-refractivity contribution in [3.8, 4) is 0 Å². The van der Waals surface area contributed by atoms with Gasteiger partial charge in [0.05, 0.1) is 17.9 Å². The molecule has 0 radical (unpaired) electrons. The fourth-order valence-electron chi connectivity index (χ4n) is 3.05. The van der Waals surface area contributed by atoms with Gasteiger partial charge in [-0.15, -0.1) is 0 Å². The molecule has 1 aliphatic heterocycles. The maximum absolute atomic E-state index is 13.7. The minimum atomic E-state index is -0.502. The molecule has 2 heterocycles. The van der Waals surface area contributed by atoms with E-state index in [1.54, 1.807) is 18.4 Å². The maximum atomic E-state index is 13.7. The summed E-state index contributed by atoms with van der Waals surface area (Å²) in [6, 6.07) is 9.79. The zero-order valence-electron chi connectivity index (χ0n) is 13.0. The van der Waals surface area contributed by atoms with Crippen molar-refractivity contribution in [1.82, 2.24) is 10.2 Å². The Morgan fingerprint density at radius 2 is 1.96 bits per heavy atom. The molecule has 0 bridgehead atoms. The summed E-state index contributed by atoms with van der Waals surface area (Å²) in [5.74, 6) is -0.0603. The van der Waals surface area contributed by atoms with E-state index >= 15 is 0 Å². The smallest absolute Gasteiger partial charge is 0.254 e. The molecule has 23 heavy (non-hydrogen) atoms. The summed E-state index contributed by atoms with van der Waals surface area (Å²) in [6.07, 6.45) is 5.19. The zero-order valence-corrected chi connectivity index (χ0v) is 13.0. The predicted molar refractivity (Wildman–Crippen MR) is 85.6 cm³/mol. The van der Waals surface area contributed by atoms with Crippen LogP contribution in [-0.4, -0.2) is 30.4 Å². The number of nitrogens with zero attached hydrogens (tertiary/aromatic N) is 1. The van der Waals surface area contributed by atoms with Gasteiger partial charge in [0.2, 0.25) is 0 Å². The van der Waals surface area contributed by atoms with Gasteiger partial charge < -0.3 is 9.73 Å². The molecular weight excluding hydrogens is 295 g/mol. The van der Waals surface area contributed by atoms with Crippen LogP contribution < -0.4 is 5.32 Å². The van der Waals surface area contributed by atoms with E-state index in [-0.39, 0.29) is 11.6 Å². The van der Waals surface area contributed by atoms with E-state index in [0.717, 1.165) is 31.7 Å². The molecule has 1 aromatic carbocycles. The number of hydrogen-bond acceptors (Lipinski definition) is 3. The molecule has 1 aromatic heterocycles. The Balaban J connectivity index is 1.69. The number of nitrogens with one attached hydrogen (secondary N) is 1. The highest BCUT2D eigenvalue weighted by Gasteiger charge is 2.25. The molecule has 1 amide bonds. The monoisotopic (exact) mass is 316 g/mol. The van der Waals surface area contributed by atoms with Gasteiger partial charge >= 0.3 is 0 Å². The van der Waals surface area contributed by atoms with Crippen LogP contribution in [0.3, 0.4) is 0 Å². The van der Waals surface area contributed by atoms with Crippen molar-refractivity contribution in [2.45, 2.75) is 25.3 Å². The molecule has 3 rings (SSSR count). The van der Waals surface area contributed by atoms with Gasteiger partial charge in [-0.3, -0.25) is 9.69 Å². The molecule has 122 valence electrons. The largest absolute Gasteiger partial charge is 0.468 e. The van der Waals surface area contributed by atoms with E-state index in [9.17, 15) is 9.18 Å². The number of hydrogen-bond donors (Lipinski definition) is 1. The quantitative estimate of drug-likeness (QED) is 0.920. The first-order chi connectivity index (χ1) is 11.3. The Hall–Kier alpha value is -2.14. The number of halogens is 1. The summed E-state index contributed by atoms with van der Waals surface area (Å²) in [5, 5.41) is 2.84. The Kier molecular flexibility index (Phi) is 5.08. The van der Waals surface area contributed by atoms with Crippen LogP contribution >= 0.6 is 0 Å². The second-order valence-corrected chi connectivity index (χ2v) is 5.82. The van der Waals surface area contributed by atoms with Crippen molar-refractivity contribution in [3.63, 3.8) is 0 Å². The van der Waals surface area contributed by atoms with Gasteiger partial charge in [0, 0.05) is 6.54 Å². The highest BCUT2D eigenvalue weighted by molar-refractivity contribution is 5.94. The lowest BCUT2D eigenvalue weighted by molar-refractivity contribution is 0.0910. The Morgan fingerprint density at radius 1 is 1.17 bits per heavy atom. The molecule has 1 atom stereocenters. The van der Waals surface area contributed by atoms with Crippen LogP contribution in [0.5, 0.6) is 0 Å². The van der Waals surface area contributed by atoms with Crippen molar-refractivity contribution >= 4 is 5.91 Å². The first-order valence-corrected chi connectivity index (χ1v) is 8.06. The van der Waals surface area contributed by atoms with Gasteiger partial charge in [-0.2, -0.15) is 0 Å². The first kappa shape index (κ1) is 15.7. The molecule has 1 unspecified atom stereocenters. The normalized spacial score (nSPS) is 16.9. The van der Waals surface area contributed by atoms with E-state index in [1.165, 1.54) is 18.6 Å². The molecule has 0 aliphatic carbocycles. The second kappa shape index (κ2) is 7.42. The Morgan fingerprint density at radius 3 is 2.65 bits per heavy atom. The minimum absolute atomic E-state index is 0.0129. The van der Waals surface area contributed by atoms with E-state index < -0.39 is 11.7 Å². The fourth-order valence-corrected chi connectivity index (χ4v) is 3.05. The molecule has 0 saturated carbocycles. The second-order valence-electron chi connectivity index (χ2n) is 5.82. The van der Waals surface area contributed by atoms with Crippen molar-refractivity contribution in [1.29, 1.82) is 0 Å². The van der Waals surface area contributed by atoms with Crippen molar-refractivity contribution < 1.29 is 13.6 Å². The third kappa shape index (κ3) is 3.79. The standard InChI is InChI=1S/C18H21FN2O2/c19-15-8-3-2-7-14(15)18(22)20-13-16(17-9-6-12-23-17)21-10-4-1-5-11-21/h2-3,6-9,12,16H,1,4-5,10-11,13H2,(H,20,22). The minimum Gasteiger partial charge on any atom is -0.468 e. The molecule has 4 nitrogen and oxygen atoms in total. The summed E-state index contributed by atoms with van der Waals surface area (Å²) in [4.78, 5) is 14.5. The molecule has 1 N–H and O–H groups in total. The summed E-state index contributed by atoms with van der Waals surface area (Å²) < 4.78 is 19.2. The predicted octanol–water partition coefficient (Wildman–Crippen LogP) is 3.38. The van der Waals surface area contributed by atoms with Crippen LogP contribution in [0.25, 0.3) is 0 Å². The summed E-state index contributed by atoms with van der Waals surface area (Å²) in [7, 11) is 0. The van der Waals surface area contributed by atoms with Crippen molar-refractivity contribution in [3.05, 3.63) is 59.8 Å². The molecule has 0 spiro atoms. The number of benzene rings is 1. The van der Waals surface area contributed by atoms with Crippen LogP contribution in [0.15, 0.2) is 47.1 Å². The van der Waals surface area contributed by atoms with Gasteiger partial charge in [-0.25, -0.2) is 4.39 Å². The van der Waals surface area contributed by atoms with Gasteiger partial charge in [0.1, 0.15) is 11.6 Å². The molecule has 2 aromatic rings. The topological polar surface area (TPSA) is 45.5 Å². The van der Waals surface area contributed by atoms with E-state index in [4.69, 9.17) is 4.42 Å². The van der Waals surface area contributed by atoms with E-state index in [1.807, 2.05) is 12.1 Å². The highest BCUT2D eigenvalue weighted by atomic mass is 19.1. The van der Waals surface area contributed by atoms with E-state index in [0.29, 0.717) is 6.54 Å². The number of carbonyl (C=O) groups excluding carboxylic acids is 1. The average molecular weight is 316 g/mol. The molecule has 5 heteroatoms. The lowest BCUT2D eigenvalue weighted by Gasteiger charge is -2.33. The Labute approximate surface area is 135 Å². The molecule has 1 saturated heterocycles. The van der Waals surface area contributed by atoms with E-state index in [2.05, 4.69) is 10.2 Å². The van der Waals surface area contributed by atoms with Crippen LogP contribution in [-0.2, 0) is 0 Å². The first-order valence-electron chi connectivity index (χ1n) is 8.06.